The van der Waals surface area contributed by atoms with Gasteiger partial charge in [0.25, 0.3) is 0 Å². The van der Waals surface area contributed by atoms with Crippen LogP contribution in [0.2, 0.25) is 0 Å². The van der Waals surface area contributed by atoms with E-state index in [2.05, 4.69) is 88.3 Å². The smallest absolute Gasteiger partial charge is 0.227 e. The summed E-state index contributed by atoms with van der Waals surface area (Å²) >= 11 is 0. The summed E-state index contributed by atoms with van der Waals surface area (Å²) in [6, 6.07) is 15.8. The van der Waals surface area contributed by atoms with Crippen molar-refractivity contribution in [3.8, 4) is 11.3 Å². The number of aryl methyl sites for hydroxylation is 2. The van der Waals surface area contributed by atoms with Gasteiger partial charge in [-0.1, -0.05) is 45.9 Å². The third-order valence-corrected chi connectivity index (χ3v) is 8.04. The number of furan rings is 1. The van der Waals surface area contributed by atoms with E-state index in [1.807, 2.05) is 6.92 Å². The number of benzene rings is 2. The normalized spacial score (nSPS) is 17.7. The van der Waals surface area contributed by atoms with Crippen molar-refractivity contribution in [3.63, 3.8) is 0 Å². The van der Waals surface area contributed by atoms with Crippen LogP contribution in [0.5, 0.6) is 0 Å². The van der Waals surface area contributed by atoms with E-state index >= 15 is 0 Å². The molecular formula is C33H36N2O. The molecule has 5 aromatic rings. The lowest BCUT2D eigenvalue weighted by molar-refractivity contribution is 0.376. The molecule has 3 heterocycles. The summed E-state index contributed by atoms with van der Waals surface area (Å²) < 4.78 is 6.39. The Kier molecular flexibility index (Phi) is 5.44. The monoisotopic (exact) mass is 476 g/mol. The maximum Gasteiger partial charge on any atom is 0.227 e. The van der Waals surface area contributed by atoms with Crippen LogP contribution in [0.1, 0.15) is 75.3 Å². The molecule has 0 bridgehead atoms. The lowest BCUT2D eigenvalue weighted by Crippen LogP contribution is -2.05. The van der Waals surface area contributed by atoms with Gasteiger partial charge in [0, 0.05) is 33.6 Å². The summed E-state index contributed by atoms with van der Waals surface area (Å²) in [5.41, 5.74) is 9.05. The van der Waals surface area contributed by atoms with E-state index in [-0.39, 0.29) is 0 Å². The summed E-state index contributed by atoms with van der Waals surface area (Å²) in [4.78, 5) is 9.75. The van der Waals surface area contributed by atoms with Crippen molar-refractivity contribution in [1.29, 1.82) is 0 Å². The average molecular weight is 477 g/mol. The molecule has 0 amide bonds. The summed E-state index contributed by atoms with van der Waals surface area (Å²) in [6.45, 7) is 13.6. The molecule has 1 fully saturated rings. The summed E-state index contributed by atoms with van der Waals surface area (Å²) in [6.07, 6.45) is 6.98. The zero-order chi connectivity index (χ0) is 25.2. The molecule has 0 aliphatic heterocycles. The minimum absolute atomic E-state index is 0.435. The van der Waals surface area contributed by atoms with E-state index in [9.17, 15) is 0 Å². The topological polar surface area (TPSA) is 38.9 Å². The Morgan fingerprint density at radius 1 is 0.972 bits per heavy atom. The van der Waals surface area contributed by atoms with Crippen molar-refractivity contribution in [2.24, 2.45) is 11.3 Å². The minimum atomic E-state index is 0.435. The van der Waals surface area contributed by atoms with Gasteiger partial charge in [0.15, 0.2) is 0 Å². The highest BCUT2D eigenvalue weighted by Gasteiger charge is 2.32. The maximum absolute atomic E-state index is 6.39. The first-order valence-corrected chi connectivity index (χ1v) is 13.4. The highest BCUT2D eigenvalue weighted by atomic mass is 16.3. The fourth-order valence-corrected chi connectivity index (χ4v) is 6.28. The van der Waals surface area contributed by atoms with E-state index < -0.39 is 0 Å². The fourth-order valence-electron chi connectivity index (χ4n) is 6.28. The van der Waals surface area contributed by atoms with Crippen molar-refractivity contribution in [2.75, 3.05) is 0 Å². The van der Waals surface area contributed by atoms with Crippen LogP contribution in [0.4, 0.5) is 0 Å². The van der Waals surface area contributed by atoms with Crippen LogP contribution >= 0.6 is 0 Å². The molecule has 0 N–H and O–H groups in total. The molecule has 184 valence electrons. The minimum Gasteiger partial charge on any atom is -0.437 e. The molecule has 1 aliphatic carbocycles. The third-order valence-electron chi connectivity index (χ3n) is 8.04. The molecule has 36 heavy (non-hydrogen) atoms. The van der Waals surface area contributed by atoms with Gasteiger partial charge in [0.05, 0.1) is 5.69 Å². The molecule has 3 nitrogen and oxygen atoms in total. The Labute approximate surface area is 214 Å². The summed E-state index contributed by atoms with van der Waals surface area (Å²) in [5, 5.41) is 4.73. The largest absolute Gasteiger partial charge is 0.437 e. The molecule has 0 radical (unpaired) electrons. The number of aromatic nitrogens is 2. The van der Waals surface area contributed by atoms with Gasteiger partial charge in [-0.2, -0.15) is 0 Å². The highest BCUT2D eigenvalue weighted by Crippen LogP contribution is 2.47. The van der Waals surface area contributed by atoms with Crippen LogP contribution in [-0.4, -0.2) is 9.97 Å². The van der Waals surface area contributed by atoms with E-state index in [1.165, 1.54) is 46.7 Å². The second kappa shape index (κ2) is 8.44. The van der Waals surface area contributed by atoms with Crippen LogP contribution in [0, 0.1) is 25.2 Å². The van der Waals surface area contributed by atoms with Gasteiger partial charge in [0.2, 0.25) is 5.71 Å². The van der Waals surface area contributed by atoms with Crippen molar-refractivity contribution in [3.05, 3.63) is 71.0 Å². The molecule has 0 spiro atoms. The predicted molar refractivity (Wildman–Crippen MR) is 151 cm³/mol. The van der Waals surface area contributed by atoms with E-state index in [4.69, 9.17) is 9.40 Å². The molecule has 1 aliphatic rings. The van der Waals surface area contributed by atoms with Crippen LogP contribution in [-0.2, 0) is 6.42 Å². The number of hydrogen-bond donors (Lipinski definition) is 0. The van der Waals surface area contributed by atoms with Gasteiger partial charge < -0.3 is 4.42 Å². The Balaban J connectivity index is 1.58. The molecule has 1 unspecified atom stereocenters. The van der Waals surface area contributed by atoms with Gasteiger partial charge in [-0.25, -0.2) is 4.98 Å². The Hall–Kier alpha value is -3.20. The number of fused-ring (bicyclic) bond motifs is 4. The van der Waals surface area contributed by atoms with Crippen molar-refractivity contribution in [1.82, 2.24) is 9.97 Å². The lowest BCUT2D eigenvalue weighted by atomic mass is 9.87. The van der Waals surface area contributed by atoms with Crippen LogP contribution in [0.3, 0.4) is 0 Å². The zero-order valence-electron chi connectivity index (χ0n) is 22.4. The van der Waals surface area contributed by atoms with Gasteiger partial charge in [-0.3, -0.25) is 4.98 Å². The van der Waals surface area contributed by atoms with Gasteiger partial charge in [-0.05, 0) is 103 Å². The third kappa shape index (κ3) is 3.99. The molecule has 1 atom stereocenters. The van der Waals surface area contributed by atoms with Crippen molar-refractivity contribution >= 4 is 32.8 Å². The van der Waals surface area contributed by atoms with Crippen molar-refractivity contribution in [2.45, 2.75) is 73.1 Å². The van der Waals surface area contributed by atoms with E-state index in [1.54, 1.807) is 0 Å². The van der Waals surface area contributed by atoms with E-state index in [0.29, 0.717) is 23.0 Å². The lowest BCUT2D eigenvalue weighted by Gasteiger charge is -2.19. The number of pyridine rings is 2. The van der Waals surface area contributed by atoms with Crippen LogP contribution in [0.15, 0.2) is 53.1 Å². The first-order valence-electron chi connectivity index (χ1n) is 13.4. The molecule has 3 aromatic heterocycles. The predicted octanol–water partition coefficient (Wildman–Crippen LogP) is 9.31. The number of rotatable bonds is 4. The second-order valence-electron chi connectivity index (χ2n) is 12.2. The van der Waals surface area contributed by atoms with Crippen molar-refractivity contribution < 1.29 is 4.42 Å². The van der Waals surface area contributed by atoms with Gasteiger partial charge in [-0.15, -0.1) is 0 Å². The molecule has 0 saturated heterocycles. The maximum atomic E-state index is 6.39. The molecule has 1 saturated carbocycles. The van der Waals surface area contributed by atoms with E-state index in [0.717, 1.165) is 39.7 Å². The Morgan fingerprint density at radius 2 is 1.78 bits per heavy atom. The number of hydrogen-bond acceptors (Lipinski definition) is 3. The summed E-state index contributed by atoms with van der Waals surface area (Å²) in [7, 11) is 0. The van der Waals surface area contributed by atoms with Crippen LogP contribution in [0.25, 0.3) is 44.1 Å². The second-order valence-corrected chi connectivity index (χ2v) is 12.2. The SMILES string of the molecule is Cc1cc(-c2ncc(CC(C)C)c3cc(C4CCC(C)(C)C4)ccc23)c2oc3nc(C)ccc3c2c1. The Bertz CT molecular complexity index is 1620. The number of nitrogens with zero attached hydrogens (tertiary/aromatic N) is 2. The molecule has 2 aromatic carbocycles. The molecular weight excluding hydrogens is 440 g/mol. The molecule has 6 rings (SSSR count). The Morgan fingerprint density at radius 3 is 2.53 bits per heavy atom. The quantitative estimate of drug-likeness (QED) is 0.259. The first-order chi connectivity index (χ1) is 17.2. The van der Waals surface area contributed by atoms with Crippen LogP contribution < -0.4 is 0 Å². The summed E-state index contributed by atoms with van der Waals surface area (Å²) in [5.74, 6) is 1.22. The first kappa shape index (κ1) is 23.2. The average Bonchev–Trinajstić information content (AvgIpc) is 3.37. The van der Waals surface area contributed by atoms with Gasteiger partial charge in [0.1, 0.15) is 5.58 Å². The fraction of sp³-hybridized carbons (Fsp3) is 0.394. The zero-order valence-corrected chi connectivity index (χ0v) is 22.4. The highest BCUT2D eigenvalue weighted by molar-refractivity contribution is 6.11. The van der Waals surface area contributed by atoms with Gasteiger partial charge >= 0.3 is 0 Å². The molecule has 3 heteroatoms. The standard InChI is InChI=1S/C33H36N2O/c1-19(2)13-24-18-34-30(25-10-8-22(16-27(24)25)23-11-12-33(5,6)17-23)29-15-20(3)14-28-26-9-7-21(4)35-32(26)36-31(28)29/h7-10,14-16,18-19,23H,11-13,17H2,1-6H3.